The Kier molecular flexibility index (Phi) is 5.80. The highest BCUT2D eigenvalue weighted by Gasteiger charge is 2.08. The van der Waals surface area contributed by atoms with Gasteiger partial charge >= 0.3 is 0 Å². The third kappa shape index (κ3) is 4.63. The molecule has 1 rings (SSSR count). The van der Waals surface area contributed by atoms with Gasteiger partial charge in [-0.2, -0.15) is 0 Å². The summed E-state index contributed by atoms with van der Waals surface area (Å²) in [6.07, 6.45) is -0.513. The van der Waals surface area contributed by atoms with Gasteiger partial charge in [0.25, 0.3) is 0 Å². The molecule has 0 aliphatic heterocycles. The quantitative estimate of drug-likeness (QED) is 0.754. The number of hydrogen-bond donors (Lipinski definition) is 2. The van der Waals surface area contributed by atoms with E-state index >= 15 is 0 Å². The predicted molar refractivity (Wildman–Crippen MR) is 67.8 cm³/mol. The van der Waals surface area contributed by atoms with Crippen molar-refractivity contribution in [1.29, 1.82) is 0 Å². The van der Waals surface area contributed by atoms with E-state index in [2.05, 4.69) is 5.32 Å². The van der Waals surface area contributed by atoms with E-state index in [4.69, 9.17) is 9.47 Å². The number of likely N-dealkylation sites (N-methyl/N-ethyl adjacent to an activating group) is 1. The van der Waals surface area contributed by atoms with E-state index < -0.39 is 6.10 Å². The third-order valence-corrected chi connectivity index (χ3v) is 2.38. The molecule has 17 heavy (non-hydrogen) atoms. The molecular formula is C13H21NO3. The molecule has 0 fully saturated rings. The van der Waals surface area contributed by atoms with Crippen molar-refractivity contribution in [2.75, 3.05) is 26.8 Å². The lowest BCUT2D eigenvalue weighted by Crippen LogP contribution is -2.31. The molecule has 2 N–H and O–H groups in total. The molecule has 1 aromatic rings. The first-order chi connectivity index (χ1) is 8.17. The first kappa shape index (κ1) is 13.8. The zero-order chi connectivity index (χ0) is 12.7. The second-order valence-electron chi connectivity index (χ2n) is 3.93. The van der Waals surface area contributed by atoms with Gasteiger partial charge in [0.15, 0.2) is 11.5 Å². The number of aliphatic hydroxyl groups excluding tert-OH is 1. The molecule has 0 heterocycles. The lowest BCUT2D eigenvalue weighted by molar-refractivity contribution is 0.105. The maximum atomic E-state index is 9.63. The number of benzene rings is 1. The van der Waals surface area contributed by atoms with Gasteiger partial charge in [-0.15, -0.1) is 0 Å². The Morgan fingerprint density at radius 3 is 2.76 bits per heavy atom. The number of hydrogen-bond acceptors (Lipinski definition) is 4. The molecule has 4 nitrogen and oxygen atoms in total. The summed E-state index contributed by atoms with van der Waals surface area (Å²) in [5, 5.41) is 12.7. The SMILES string of the molecule is CCNC[C@@H](O)COc1ccc(C)cc1OC. The van der Waals surface area contributed by atoms with Gasteiger partial charge in [0.05, 0.1) is 7.11 Å². The van der Waals surface area contributed by atoms with Crippen LogP contribution in [0.25, 0.3) is 0 Å². The molecule has 0 spiro atoms. The van der Waals surface area contributed by atoms with Gasteiger partial charge in [-0.25, -0.2) is 0 Å². The van der Waals surface area contributed by atoms with E-state index in [1.54, 1.807) is 7.11 Å². The van der Waals surface area contributed by atoms with Crippen LogP contribution < -0.4 is 14.8 Å². The minimum atomic E-state index is -0.513. The number of aliphatic hydroxyl groups is 1. The molecule has 0 amide bonds. The summed E-state index contributed by atoms with van der Waals surface area (Å²) in [7, 11) is 1.61. The Morgan fingerprint density at radius 2 is 2.12 bits per heavy atom. The molecule has 0 radical (unpaired) electrons. The van der Waals surface area contributed by atoms with E-state index in [1.165, 1.54) is 0 Å². The summed E-state index contributed by atoms with van der Waals surface area (Å²) < 4.78 is 10.7. The molecule has 0 saturated carbocycles. The maximum Gasteiger partial charge on any atom is 0.161 e. The van der Waals surface area contributed by atoms with E-state index in [0.29, 0.717) is 18.0 Å². The second-order valence-corrected chi connectivity index (χ2v) is 3.93. The van der Waals surface area contributed by atoms with Crippen molar-refractivity contribution in [3.05, 3.63) is 23.8 Å². The third-order valence-electron chi connectivity index (χ3n) is 2.38. The van der Waals surface area contributed by atoms with Gasteiger partial charge in [-0.1, -0.05) is 13.0 Å². The van der Waals surface area contributed by atoms with Crippen molar-refractivity contribution in [2.45, 2.75) is 20.0 Å². The number of nitrogens with one attached hydrogen (secondary N) is 1. The fourth-order valence-electron chi connectivity index (χ4n) is 1.45. The van der Waals surface area contributed by atoms with Crippen molar-refractivity contribution in [2.24, 2.45) is 0 Å². The topological polar surface area (TPSA) is 50.7 Å². The Hall–Kier alpha value is -1.26. The summed E-state index contributed by atoms with van der Waals surface area (Å²) in [5.41, 5.74) is 1.11. The first-order valence-corrected chi connectivity index (χ1v) is 5.83. The van der Waals surface area contributed by atoms with Crippen LogP contribution in [0.1, 0.15) is 12.5 Å². The van der Waals surface area contributed by atoms with Gasteiger partial charge in [0.1, 0.15) is 12.7 Å². The molecule has 0 saturated heterocycles. The number of aryl methyl sites for hydroxylation is 1. The van der Waals surface area contributed by atoms with Crippen LogP contribution >= 0.6 is 0 Å². The van der Waals surface area contributed by atoms with E-state index in [0.717, 1.165) is 12.1 Å². The average Bonchev–Trinajstić information content (AvgIpc) is 2.34. The molecule has 0 aliphatic rings. The largest absolute Gasteiger partial charge is 0.493 e. The number of methoxy groups -OCH3 is 1. The van der Waals surface area contributed by atoms with Crippen LogP contribution in [0, 0.1) is 6.92 Å². The van der Waals surface area contributed by atoms with Crippen molar-refractivity contribution < 1.29 is 14.6 Å². The van der Waals surface area contributed by atoms with Crippen LogP contribution in [0.15, 0.2) is 18.2 Å². The van der Waals surface area contributed by atoms with Crippen molar-refractivity contribution >= 4 is 0 Å². The summed E-state index contributed by atoms with van der Waals surface area (Å²) in [6.45, 7) is 5.62. The molecule has 1 aromatic carbocycles. The Labute approximate surface area is 103 Å². The fraction of sp³-hybridized carbons (Fsp3) is 0.538. The van der Waals surface area contributed by atoms with E-state index in [9.17, 15) is 5.11 Å². The molecule has 96 valence electrons. The lowest BCUT2D eigenvalue weighted by atomic mass is 10.2. The maximum absolute atomic E-state index is 9.63. The summed E-state index contributed by atoms with van der Waals surface area (Å²) in [5.74, 6) is 1.36. The molecule has 0 aliphatic carbocycles. The smallest absolute Gasteiger partial charge is 0.161 e. The summed E-state index contributed by atoms with van der Waals surface area (Å²) in [6, 6.07) is 5.72. The van der Waals surface area contributed by atoms with E-state index in [-0.39, 0.29) is 6.61 Å². The van der Waals surface area contributed by atoms with Gasteiger partial charge in [-0.3, -0.25) is 0 Å². The van der Waals surface area contributed by atoms with Crippen molar-refractivity contribution in [1.82, 2.24) is 5.32 Å². The van der Waals surface area contributed by atoms with Crippen LogP contribution in [-0.4, -0.2) is 38.0 Å². The molecule has 0 unspecified atom stereocenters. The molecule has 0 bridgehead atoms. The van der Waals surface area contributed by atoms with Crippen molar-refractivity contribution in [3.8, 4) is 11.5 Å². The van der Waals surface area contributed by atoms with Gasteiger partial charge < -0.3 is 19.9 Å². The average molecular weight is 239 g/mol. The van der Waals surface area contributed by atoms with Gasteiger partial charge in [0, 0.05) is 6.54 Å². The lowest BCUT2D eigenvalue weighted by Gasteiger charge is -2.15. The Bertz CT molecular complexity index is 341. The monoisotopic (exact) mass is 239 g/mol. The highest BCUT2D eigenvalue weighted by molar-refractivity contribution is 5.42. The molecule has 0 aromatic heterocycles. The molecular weight excluding hydrogens is 218 g/mol. The highest BCUT2D eigenvalue weighted by atomic mass is 16.5. The van der Waals surface area contributed by atoms with E-state index in [1.807, 2.05) is 32.0 Å². The number of ether oxygens (including phenoxy) is 2. The first-order valence-electron chi connectivity index (χ1n) is 5.83. The summed E-state index contributed by atoms with van der Waals surface area (Å²) >= 11 is 0. The minimum Gasteiger partial charge on any atom is -0.493 e. The minimum absolute atomic E-state index is 0.256. The highest BCUT2D eigenvalue weighted by Crippen LogP contribution is 2.27. The number of rotatable bonds is 7. The molecule has 4 heteroatoms. The van der Waals surface area contributed by atoms with Crippen LogP contribution in [-0.2, 0) is 0 Å². The van der Waals surface area contributed by atoms with Crippen LogP contribution in [0.3, 0.4) is 0 Å². The fourth-order valence-corrected chi connectivity index (χ4v) is 1.45. The Balaban J connectivity index is 2.50. The zero-order valence-corrected chi connectivity index (χ0v) is 10.7. The van der Waals surface area contributed by atoms with Crippen molar-refractivity contribution in [3.63, 3.8) is 0 Å². The van der Waals surface area contributed by atoms with Gasteiger partial charge in [0.2, 0.25) is 0 Å². The second kappa shape index (κ2) is 7.14. The van der Waals surface area contributed by atoms with Crippen LogP contribution in [0.2, 0.25) is 0 Å². The van der Waals surface area contributed by atoms with Gasteiger partial charge in [-0.05, 0) is 31.2 Å². The zero-order valence-electron chi connectivity index (χ0n) is 10.7. The Morgan fingerprint density at radius 1 is 1.35 bits per heavy atom. The standard InChI is InChI=1S/C13H21NO3/c1-4-14-8-11(15)9-17-12-6-5-10(2)7-13(12)16-3/h5-7,11,14-15H,4,8-9H2,1-3H3/t11-/m1/s1. The predicted octanol–water partition coefficient (Wildman–Crippen LogP) is 1.35. The van der Waals surface area contributed by atoms with Crippen LogP contribution in [0.4, 0.5) is 0 Å². The normalized spacial score (nSPS) is 12.2. The molecule has 1 atom stereocenters. The van der Waals surface area contributed by atoms with Crippen LogP contribution in [0.5, 0.6) is 11.5 Å². The summed E-state index contributed by atoms with van der Waals surface area (Å²) in [4.78, 5) is 0.